The third-order valence-corrected chi connectivity index (χ3v) is 23.1. The Morgan fingerprint density at radius 2 is 0.385 bits per heavy atom. The smallest absolute Gasteiger partial charge is 0.302 e. The fraction of sp³-hybridized carbons (Fsp3) is 0.622. The summed E-state index contributed by atoms with van der Waals surface area (Å²) in [6.45, 7) is 18.3. The zero-order valence-electron chi connectivity index (χ0n) is 70.9. The second-order valence-electron chi connectivity index (χ2n) is 30.3. The highest BCUT2D eigenvalue weighted by molar-refractivity contribution is 8.01. The standard InChI is InChI=1S/C10H16N4O.C9H14N4O.C8H13N5O.C8H12N4O2S.4C8H12N4O.C7H10N4O/c1-2-8-13-10(15)14(12-11-13)9-6-4-3-5-7-9;1-2-7-12-9(14)13(11-10-12)8-5-3-4-6-8;1-3-4-12-8(14)13(10-9-12)7-5-11(2)6-7;1-3-4-11-8(13)12(10-9-11)7-5-15(2,14)6-7;4*1-2-6-11-8(13)12(10-9-11)7-4-3-5-7;1-2-5-10-7(12)11(9-8-10)6-3-4-6/h2,8-9H,3-7H2,1H3;2,7-8H,3-6H2,1H3;3-4,7H,5-6H2,1-2H3;3-4,7H,2,5-6H2,1H3;4*2,6-7H,3-5H2,1H3;2,5-6H,3-4H2,1H3/b8-2+;7-2+;2*4-3+;4*6-2+;5-2+. The highest BCUT2D eigenvalue weighted by atomic mass is 32.2. The molecule has 0 radical (unpaired) electrons. The summed E-state index contributed by atoms with van der Waals surface area (Å²) in [4.78, 5) is 106. The summed E-state index contributed by atoms with van der Waals surface area (Å²) in [5.74, 6) is 4.40. The summed E-state index contributed by atoms with van der Waals surface area (Å²) in [6.07, 6.45) is 55.8. The van der Waals surface area contributed by atoms with E-state index in [1.165, 1.54) is 144 Å². The number of nitrogens with zero attached hydrogens (tertiary/aromatic N) is 37. The van der Waals surface area contributed by atoms with Crippen LogP contribution in [0.25, 0.3) is 55.8 Å². The molecule has 48 heteroatoms. The van der Waals surface area contributed by atoms with E-state index in [-0.39, 0.29) is 99.5 Å². The van der Waals surface area contributed by atoms with Crippen LogP contribution in [0.1, 0.15) is 264 Å². The number of tetrazole rings is 9. The Labute approximate surface area is 700 Å². The third kappa shape index (κ3) is 23.5. The van der Waals surface area contributed by atoms with Gasteiger partial charge >= 0.3 is 51.2 Å². The minimum absolute atomic E-state index is 0.110. The van der Waals surface area contributed by atoms with Gasteiger partial charge in [0.1, 0.15) is 0 Å². The summed E-state index contributed by atoms with van der Waals surface area (Å²) in [5, 5.41) is 68.1. The molecule has 0 atom stereocenters. The van der Waals surface area contributed by atoms with Crippen LogP contribution in [-0.2, 0) is 9.52 Å². The van der Waals surface area contributed by atoms with Crippen molar-refractivity contribution in [2.24, 2.45) is 0 Å². The summed E-state index contributed by atoms with van der Waals surface area (Å²) >= 11 is 0. The van der Waals surface area contributed by atoms with Crippen LogP contribution in [0.5, 0.6) is 0 Å². The lowest BCUT2D eigenvalue weighted by molar-refractivity contribution is 0.126. The molecule has 2 aliphatic heterocycles. The van der Waals surface area contributed by atoms with Crippen molar-refractivity contribution in [2.45, 2.75) is 264 Å². The van der Waals surface area contributed by atoms with Crippen molar-refractivity contribution in [3.8, 4) is 0 Å². The van der Waals surface area contributed by atoms with Gasteiger partial charge in [0.2, 0.25) is 0 Å². The summed E-state index contributed by atoms with van der Waals surface area (Å²) in [5.41, 5.74) is -1.41. The van der Waals surface area contributed by atoms with Crippen LogP contribution in [0.4, 0.5) is 0 Å². The van der Waals surface area contributed by atoms with Gasteiger partial charge < -0.3 is 4.90 Å². The van der Waals surface area contributed by atoms with Crippen LogP contribution in [0.2, 0.25) is 0 Å². The highest BCUT2D eigenvalue weighted by Gasteiger charge is 2.34. The Balaban J connectivity index is 0.000000144. The first-order valence-electron chi connectivity index (χ1n) is 41.6. The predicted molar refractivity (Wildman–Crippen MR) is 458 cm³/mol. The summed E-state index contributed by atoms with van der Waals surface area (Å²) in [7, 11) is 0.0585. The van der Waals surface area contributed by atoms with Crippen LogP contribution in [-0.4, -0.2) is 225 Å². The van der Waals surface area contributed by atoms with E-state index >= 15 is 0 Å². The predicted octanol–water partition coefficient (Wildman–Crippen LogP) is 3.99. The van der Waals surface area contributed by atoms with Gasteiger partial charge in [-0.25, -0.2) is 43.2 Å². The first-order chi connectivity index (χ1) is 59.0. The molecular weight excluding hydrogens is 1600 g/mol. The molecule has 11 heterocycles. The van der Waals surface area contributed by atoms with Crippen molar-refractivity contribution in [3.63, 3.8) is 0 Å². The molecule has 9 fully saturated rings. The van der Waals surface area contributed by atoms with Gasteiger partial charge in [0.15, 0.2) is 0 Å². The molecule has 122 heavy (non-hydrogen) atoms. The molecule has 2 saturated heterocycles. The van der Waals surface area contributed by atoms with Crippen molar-refractivity contribution in [2.75, 3.05) is 31.6 Å². The van der Waals surface area contributed by atoms with E-state index in [9.17, 15) is 47.4 Å². The molecule has 47 nitrogen and oxygen atoms in total. The average Bonchev–Trinajstić information content (AvgIpc) is 1.61. The molecule has 0 bridgehead atoms. The van der Waals surface area contributed by atoms with Gasteiger partial charge in [-0.2, -0.15) is 84.3 Å². The Kier molecular flexibility index (Phi) is 33.6. The highest BCUT2D eigenvalue weighted by Crippen LogP contribution is 2.34. The average molecular weight is 1710 g/mol. The third-order valence-electron chi connectivity index (χ3n) is 21.1. The van der Waals surface area contributed by atoms with Crippen molar-refractivity contribution >= 4 is 71.2 Å². The van der Waals surface area contributed by atoms with E-state index in [2.05, 4.69) is 105 Å². The van der Waals surface area contributed by atoms with Gasteiger partial charge in [0, 0.05) is 80.4 Å². The van der Waals surface area contributed by atoms with Crippen molar-refractivity contribution in [3.05, 3.63) is 149 Å². The molecule has 0 unspecified atom stereocenters. The van der Waals surface area contributed by atoms with Crippen LogP contribution in [0, 0.1) is 0 Å². The number of likely N-dealkylation sites (tertiary alicyclic amines) is 1. The second-order valence-corrected chi connectivity index (χ2v) is 32.9. The van der Waals surface area contributed by atoms with Crippen LogP contribution < -0.4 is 51.2 Å². The second kappa shape index (κ2) is 44.7. The maximum absolute atomic E-state index is 11.8. The molecule has 0 aromatic carbocycles. The monoisotopic (exact) mass is 1710 g/mol. The van der Waals surface area contributed by atoms with Gasteiger partial charge in [-0.1, -0.05) is 86.8 Å². The van der Waals surface area contributed by atoms with Crippen LogP contribution in [0.3, 0.4) is 0 Å². The Bertz CT molecular complexity index is 5500. The zero-order chi connectivity index (χ0) is 87.4. The molecule has 660 valence electrons. The molecule has 9 aliphatic rings. The molecule has 0 N–H and O–H groups in total. The Morgan fingerprint density at radius 1 is 0.230 bits per heavy atom. The van der Waals surface area contributed by atoms with E-state index in [0.29, 0.717) is 17.5 Å². The normalized spacial score (nSPS) is 19.7. The molecule has 9 aromatic heterocycles. The Hall–Kier alpha value is -12.5. The number of likely N-dealkylation sites (N-methyl/N-ethyl adjacent to an activating group) is 1. The summed E-state index contributed by atoms with van der Waals surface area (Å²) in [6, 6.07) is 2.03. The van der Waals surface area contributed by atoms with Crippen molar-refractivity contribution in [1.29, 1.82) is 0 Å². The van der Waals surface area contributed by atoms with Gasteiger partial charge in [0.25, 0.3) is 0 Å². The van der Waals surface area contributed by atoms with Gasteiger partial charge in [-0.15, -0.1) is 0 Å². The SMILES string of the molecule is C/C=C/n1nnn(C2CC2)c1=O.C/C=C/n1nnn(C2CCC2)c1=O.C/C=C/n1nnn(C2CCC2)c1=O.C/C=C/n1nnn(C2CCC2)c1=O.C/C=C/n1nnn(C2CCC2)c1=O.C/C=C/n1nnn(C2CCCC2)c1=O.C/C=C/n1nnn(C2CCCCC2)c1=O.C/C=C/n1nnn(C2CN(C)C2)c1=O.C=S1(=O)CC(n2nnn(/C=C/C)c2=O)C1. The lowest BCUT2D eigenvalue weighted by Crippen LogP contribution is -2.48. The molecule has 7 saturated carbocycles. The fourth-order valence-electron chi connectivity index (χ4n) is 13.5. The molecule has 18 rings (SSSR count). The lowest BCUT2D eigenvalue weighted by atomic mass is 9.93. The molecule has 0 spiro atoms. The summed E-state index contributed by atoms with van der Waals surface area (Å²) < 4.78 is 35.7. The lowest BCUT2D eigenvalue weighted by Gasteiger charge is -2.34. The largest absolute Gasteiger partial charge is 0.368 e. The van der Waals surface area contributed by atoms with Gasteiger partial charge in [-0.05, 0) is 294 Å². The molecule has 7 aliphatic carbocycles. The molecule has 0 amide bonds. The number of aromatic nitrogens is 36. The van der Waals surface area contributed by atoms with E-state index < -0.39 is 9.52 Å². The number of hydrogen-bond acceptors (Lipinski definition) is 29. The molecule has 9 aromatic rings. The first kappa shape index (κ1) is 91.8. The minimum Gasteiger partial charge on any atom is -0.302 e. The topological polar surface area (TPSA) is 495 Å². The number of hydrogen-bond donors (Lipinski definition) is 0. The Morgan fingerprint density at radius 3 is 0.533 bits per heavy atom. The van der Waals surface area contributed by atoms with E-state index in [4.69, 9.17) is 0 Å². The van der Waals surface area contributed by atoms with E-state index in [1.807, 2.05) is 62.4 Å². The quantitative estimate of drug-likeness (QED) is 0.110. The fourth-order valence-corrected chi connectivity index (χ4v) is 15.1. The maximum atomic E-state index is 11.8. The van der Waals surface area contributed by atoms with Crippen molar-refractivity contribution < 1.29 is 4.21 Å². The van der Waals surface area contributed by atoms with Gasteiger partial charge in [0.05, 0.1) is 54.4 Å². The first-order valence-corrected chi connectivity index (χ1v) is 43.6. The minimum atomic E-state index is -1.95. The van der Waals surface area contributed by atoms with E-state index in [0.717, 1.165) is 108 Å². The maximum Gasteiger partial charge on any atom is 0.368 e. The van der Waals surface area contributed by atoms with Crippen molar-refractivity contribution in [1.82, 2.24) is 183 Å². The number of rotatable bonds is 18. The molecular formula is C74H113N37O10S. The van der Waals surface area contributed by atoms with E-state index in [1.54, 1.807) is 111 Å². The number of allylic oxidation sites excluding steroid dienone is 9. The van der Waals surface area contributed by atoms with Crippen LogP contribution >= 0.6 is 0 Å². The zero-order valence-corrected chi connectivity index (χ0v) is 71.7. The van der Waals surface area contributed by atoms with Crippen LogP contribution in [0.15, 0.2) is 97.8 Å². The van der Waals surface area contributed by atoms with Gasteiger partial charge in [-0.3, -0.25) is 4.21 Å².